The number of hydrogen-bond acceptors (Lipinski definition) is 3. The van der Waals surface area contributed by atoms with Crippen LogP contribution in [0.3, 0.4) is 0 Å². The van der Waals surface area contributed by atoms with Crippen LogP contribution in [0.2, 0.25) is 0 Å². The Balaban J connectivity index is 2.24. The summed E-state index contributed by atoms with van der Waals surface area (Å²) in [6.45, 7) is 3.58. The maximum atomic E-state index is 13.1. The van der Waals surface area contributed by atoms with E-state index in [4.69, 9.17) is 4.74 Å². The average Bonchev–Trinajstić information content (AvgIpc) is 2.34. The van der Waals surface area contributed by atoms with Crippen molar-refractivity contribution in [3.05, 3.63) is 29.8 Å². The minimum absolute atomic E-state index is 0.0407. The van der Waals surface area contributed by atoms with E-state index < -0.39 is 11.9 Å². The molecule has 0 aromatic carbocycles. The van der Waals surface area contributed by atoms with Gasteiger partial charge in [0.25, 0.3) is 5.91 Å². The van der Waals surface area contributed by atoms with Gasteiger partial charge in [-0.2, -0.15) is 4.39 Å². The largest absolute Gasteiger partial charge is 0.380 e. The summed E-state index contributed by atoms with van der Waals surface area (Å²) in [4.78, 5) is 14.9. The molecular formula is C12H17FN2O2. The summed E-state index contributed by atoms with van der Waals surface area (Å²) < 4.78 is 18.4. The summed E-state index contributed by atoms with van der Waals surface area (Å²) in [6.07, 6.45) is 3.39. The van der Waals surface area contributed by atoms with Crippen LogP contribution in [0.5, 0.6) is 0 Å². The Morgan fingerprint density at radius 3 is 3.06 bits per heavy atom. The molecule has 0 unspecified atom stereocenters. The zero-order valence-corrected chi connectivity index (χ0v) is 9.91. The Morgan fingerprint density at radius 1 is 1.53 bits per heavy atom. The van der Waals surface area contributed by atoms with Gasteiger partial charge < -0.3 is 10.1 Å². The molecule has 0 saturated carbocycles. The Hall–Kier alpha value is -1.49. The lowest BCUT2D eigenvalue weighted by Gasteiger charge is -2.06. The zero-order chi connectivity index (χ0) is 12.5. The van der Waals surface area contributed by atoms with Crippen molar-refractivity contribution in [2.24, 2.45) is 0 Å². The van der Waals surface area contributed by atoms with Crippen LogP contribution in [0.15, 0.2) is 18.3 Å². The lowest BCUT2D eigenvalue weighted by molar-refractivity contribution is 0.0908. The Labute approximate surface area is 100 Å². The minimum atomic E-state index is -0.753. The molecule has 17 heavy (non-hydrogen) atoms. The van der Waals surface area contributed by atoms with Gasteiger partial charge in [0.1, 0.15) is 0 Å². The predicted octanol–water partition coefficient (Wildman–Crippen LogP) is 1.77. The second-order valence-corrected chi connectivity index (χ2v) is 3.56. The van der Waals surface area contributed by atoms with Gasteiger partial charge in [-0.1, -0.05) is 13.3 Å². The van der Waals surface area contributed by atoms with Gasteiger partial charge in [0, 0.05) is 19.3 Å². The lowest BCUT2D eigenvalue weighted by atomic mass is 10.2. The molecular weight excluding hydrogens is 223 g/mol. The third-order valence-corrected chi connectivity index (χ3v) is 2.18. The normalized spacial score (nSPS) is 10.2. The van der Waals surface area contributed by atoms with Crippen LogP contribution < -0.4 is 5.32 Å². The summed E-state index contributed by atoms with van der Waals surface area (Å²) in [5, 5.41) is 2.57. The highest BCUT2D eigenvalue weighted by Gasteiger charge is 2.10. The molecule has 0 aliphatic heterocycles. The highest BCUT2D eigenvalue weighted by atomic mass is 19.1. The number of amides is 1. The molecule has 1 aromatic rings. The monoisotopic (exact) mass is 240 g/mol. The molecule has 0 saturated heterocycles. The molecule has 1 amide bonds. The third kappa shape index (κ3) is 4.91. The summed E-state index contributed by atoms with van der Waals surface area (Å²) >= 11 is 0. The van der Waals surface area contributed by atoms with Crippen molar-refractivity contribution in [2.75, 3.05) is 19.8 Å². The number of unbranched alkanes of at least 4 members (excludes halogenated alkanes) is 1. The van der Waals surface area contributed by atoms with Crippen molar-refractivity contribution < 1.29 is 13.9 Å². The molecule has 5 heteroatoms. The maximum absolute atomic E-state index is 13.1. The van der Waals surface area contributed by atoms with Gasteiger partial charge in [0.2, 0.25) is 5.95 Å². The molecule has 94 valence electrons. The van der Waals surface area contributed by atoms with Crippen molar-refractivity contribution in [1.29, 1.82) is 0 Å². The van der Waals surface area contributed by atoms with Crippen LogP contribution >= 0.6 is 0 Å². The number of halogens is 1. The fraction of sp³-hybridized carbons (Fsp3) is 0.500. The van der Waals surface area contributed by atoms with Gasteiger partial charge in [0.05, 0.1) is 12.2 Å². The van der Waals surface area contributed by atoms with Gasteiger partial charge >= 0.3 is 0 Å². The van der Waals surface area contributed by atoms with Gasteiger partial charge in [-0.15, -0.1) is 0 Å². The lowest BCUT2D eigenvalue weighted by Crippen LogP contribution is -2.28. The molecule has 1 aromatic heterocycles. The number of hydrogen-bond donors (Lipinski definition) is 1. The molecule has 1 heterocycles. The summed E-state index contributed by atoms with van der Waals surface area (Å²) in [6, 6.07) is 2.92. The van der Waals surface area contributed by atoms with E-state index in [0.29, 0.717) is 19.8 Å². The zero-order valence-electron chi connectivity index (χ0n) is 9.91. The third-order valence-electron chi connectivity index (χ3n) is 2.18. The number of pyridine rings is 1. The first-order valence-electron chi connectivity index (χ1n) is 5.72. The molecule has 0 radical (unpaired) electrons. The highest BCUT2D eigenvalue weighted by molar-refractivity contribution is 5.94. The van der Waals surface area contributed by atoms with E-state index >= 15 is 0 Å². The van der Waals surface area contributed by atoms with Crippen LogP contribution in [0.1, 0.15) is 30.1 Å². The van der Waals surface area contributed by atoms with E-state index in [2.05, 4.69) is 17.2 Å². The molecule has 0 spiro atoms. The number of carbonyl (C=O) groups is 1. The molecule has 0 aliphatic carbocycles. The average molecular weight is 240 g/mol. The summed E-state index contributed by atoms with van der Waals surface area (Å²) in [7, 11) is 0. The Kier molecular flexibility index (Phi) is 6.17. The number of rotatable bonds is 7. The molecule has 0 fully saturated rings. The first kappa shape index (κ1) is 13.6. The van der Waals surface area contributed by atoms with Crippen molar-refractivity contribution in [3.63, 3.8) is 0 Å². The maximum Gasteiger partial charge on any atom is 0.256 e. The SMILES string of the molecule is CCCCOCCNC(=O)c1cccnc1F. The number of aromatic nitrogens is 1. The van der Waals surface area contributed by atoms with Crippen LogP contribution in [-0.2, 0) is 4.74 Å². The summed E-state index contributed by atoms with van der Waals surface area (Å²) in [5.74, 6) is -1.22. The minimum Gasteiger partial charge on any atom is -0.380 e. The number of ether oxygens (including phenoxy) is 1. The molecule has 0 atom stereocenters. The fourth-order valence-electron chi connectivity index (χ4n) is 1.24. The second kappa shape index (κ2) is 7.73. The van der Waals surface area contributed by atoms with Crippen LogP contribution in [0, 0.1) is 5.95 Å². The van der Waals surface area contributed by atoms with Gasteiger partial charge in [-0.25, -0.2) is 4.98 Å². The second-order valence-electron chi connectivity index (χ2n) is 3.56. The van der Waals surface area contributed by atoms with E-state index in [1.807, 2.05) is 0 Å². The molecule has 1 rings (SSSR count). The van der Waals surface area contributed by atoms with E-state index in [-0.39, 0.29) is 5.56 Å². The van der Waals surface area contributed by atoms with E-state index in [1.54, 1.807) is 0 Å². The van der Waals surface area contributed by atoms with Crippen molar-refractivity contribution >= 4 is 5.91 Å². The number of carbonyl (C=O) groups excluding carboxylic acids is 1. The first-order chi connectivity index (χ1) is 8.25. The summed E-state index contributed by atoms with van der Waals surface area (Å²) in [5.41, 5.74) is -0.0407. The van der Waals surface area contributed by atoms with E-state index in [1.165, 1.54) is 18.3 Å². The standard InChI is InChI=1S/C12H17FN2O2/c1-2-3-8-17-9-7-15-12(16)10-5-4-6-14-11(10)13/h4-6H,2-3,7-9H2,1H3,(H,15,16). The molecule has 1 N–H and O–H groups in total. The van der Waals surface area contributed by atoms with Gasteiger partial charge in [-0.05, 0) is 18.6 Å². The van der Waals surface area contributed by atoms with Crippen molar-refractivity contribution in [2.45, 2.75) is 19.8 Å². The van der Waals surface area contributed by atoms with Crippen LogP contribution in [0.4, 0.5) is 4.39 Å². The molecule has 0 aliphatic rings. The Morgan fingerprint density at radius 2 is 2.35 bits per heavy atom. The number of nitrogens with zero attached hydrogens (tertiary/aromatic N) is 1. The van der Waals surface area contributed by atoms with Crippen LogP contribution in [-0.4, -0.2) is 30.6 Å². The first-order valence-corrected chi connectivity index (χ1v) is 5.72. The molecule has 0 bridgehead atoms. The quantitative estimate of drug-likeness (QED) is 0.583. The fourth-order valence-corrected chi connectivity index (χ4v) is 1.24. The Bertz CT molecular complexity index is 358. The van der Waals surface area contributed by atoms with E-state index in [0.717, 1.165) is 12.8 Å². The highest BCUT2D eigenvalue weighted by Crippen LogP contribution is 2.02. The molecule has 4 nitrogen and oxygen atoms in total. The van der Waals surface area contributed by atoms with Crippen molar-refractivity contribution in [1.82, 2.24) is 10.3 Å². The predicted molar refractivity (Wildman–Crippen MR) is 62.3 cm³/mol. The smallest absolute Gasteiger partial charge is 0.256 e. The van der Waals surface area contributed by atoms with Gasteiger partial charge in [-0.3, -0.25) is 4.79 Å². The topological polar surface area (TPSA) is 51.2 Å². The van der Waals surface area contributed by atoms with E-state index in [9.17, 15) is 9.18 Å². The van der Waals surface area contributed by atoms with Crippen LogP contribution in [0.25, 0.3) is 0 Å². The van der Waals surface area contributed by atoms with Crippen molar-refractivity contribution in [3.8, 4) is 0 Å². The number of nitrogens with one attached hydrogen (secondary N) is 1. The van der Waals surface area contributed by atoms with Gasteiger partial charge in [0.15, 0.2) is 0 Å².